The summed E-state index contributed by atoms with van der Waals surface area (Å²) in [5.41, 5.74) is -2.54. The Morgan fingerprint density at radius 1 is 1.07 bits per heavy atom. The molecule has 0 radical (unpaired) electrons. The molecule has 1 unspecified atom stereocenters. The normalized spacial score (nSPS) is 46.7. The number of esters is 2. The van der Waals surface area contributed by atoms with Crippen molar-refractivity contribution in [1.82, 2.24) is 4.90 Å². The third-order valence-corrected chi connectivity index (χ3v) is 10.8. The molecule has 4 saturated carbocycles. The first kappa shape index (κ1) is 29.6. The van der Waals surface area contributed by atoms with Crippen LogP contribution in [-0.2, 0) is 42.8 Å². The van der Waals surface area contributed by atoms with Gasteiger partial charge in [-0.2, -0.15) is 0 Å². The quantitative estimate of drug-likeness (QED) is 0.336. The second-order valence-corrected chi connectivity index (χ2v) is 12.2. The van der Waals surface area contributed by atoms with Gasteiger partial charge in [-0.3, -0.25) is 19.3 Å². The van der Waals surface area contributed by atoms with E-state index in [0.29, 0.717) is 25.1 Å². The lowest BCUT2D eigenvalue weighted by molar-refractivity contribution is -0.275. The van der Waals surface area contributed by atoms with Crippen molar-refractivity contribution < 1.29 is 47.9 Å². The number of fused-ring (bicyclic) bond motifs is 3. The molecule has 0 aromatic carbocycles. The van der Waals surface area contributed by atoms with Crippen LogP contribution < -0.4 is 0 Å². The molecule has 40 heavy (non-hydrogen) atoms. The Kier molecular flexibility index (Phi) is 7.72. The minimum Gasteiger partial charge on any atom is -0.462 e. The first-order valence-corrected chi connectivity index (χ1v) is 14.1. The lowest BCUT2D eigenvalue weighted by Crippen LogP contribution is -2.77. The summed E-state index contributed by atoms with van der Waals surface area (Å²) in [4.78, 5) is 40.5. The average Bonchev–Trinajstić information content (AvgIpc) is 3.05. The number of Topliss-reactive ketones (excluding diaryl/α,β-unsaturated/α-hetero) is 1. The van der Waals surface area contributed by atoms with Crippen LogP contribution in [0, 0.1) is 28.6 Å². The van der Waals surface area contributed by atoms with Crippen LogP contribution >= 0.6 is 0 Å². The van der Waals surface area contributed by atoms with Crippen LogP contribution in [0.25, 0.3) is 0 Å². The lowest BCUT2D eigenvalue weighted by Gasteiger charge is -2.69. The molecule has 5 fully saturated rings. The van der Waals surface area contributed by atoms with Crippen LogP contribution in [0.5, 0.6) is 0 Å². The molecule has 5 aliphatic rings. The molecular formula is C29H43NO10. The lowest BCUT2D eigenvalue weighted by atomic mass is 9.43. The van der Waals surface area contributed by atoms with Gasteiger partial charge in [0.25, 0.3) is 0 Å². The zero-order valence-electron chi connectivity index (χ0n) is 24.5. The molecule has 1 saturated heterocycles. The summed E-state index contributed by atoms with van der Waals surface area (Å²) >= 11 is 0. The minimum atomic E-state index is -1.58. The Bertz CT molecular complexity index is 1080. The molecule has 5 rings (SSSR count). The fourth-order valence-electron chi connectivity index (χ4n) is 9.95. The monoisotopic (exact) mass is 565 g/mol. The van der Waals surface area contributed by atoms with Gasteiger partial charge in [-0.15, -0.1) is 0 Å². The number of nitrogens with zero attached hydrogens (tertiary/aromatic N) is 1. The second kappa shape index (κ2) is 10.4. The number of ketones is 1. The van der Waals surface area contributed by atoms with E-state index in [2.05, 4.69) is 11.8 Å². The Hall–Kier alpha value is -1.89. The van der Waals surface area contributed by atoms with Crippen LogP contribution in [0.4, 0.5) is 0 Å². The molecule has 1 aliphatic heterocycles. The number of carbonyl (C=O) groups is 3. The van der Waals surface area contributed by atoms with Gasteiger partial charge >= 0.3 is 11.9 Å². The highest BCUT2D eigenvalue weighted by Gasteiger charge is 2.85. The molecule has 0 aromatic rings. The summed E-state index contributed by atoms with van der Waals surface area (Å²) in [5, 5.41) is 12.9. The molecule has 1 heterocycles. The fraction of sp³-hybridized carbons (Fsp3) is 0.828. The topological polar surface area (TPSA) is 130 Å². The Balaban J connectivity index is 1.86. The van der Waals surface area contributed by atoms with Crippen molar-refractivity contribution in [3.63, 3.8) is 0 Å². The van der Waals surface area contributed by atoms with E-state index >= 15 is 0 Å². The van der Waals surface area contributed by atoms with Crippen LogP contribution in [0.3, 0.4) is 0 Å². The number of ether oxygens (including phenoxy) is 6. The molecule has 0 amide bonds. The van der Waals surface area contributed by atoms with Gasteiger partial charge in [-0.25, -0.2) is 0 Å². The molecule has 224 valence electrons. The van der Waals surface area contributed by atoms with Gasteiger partial charge in [-0.1, -0.05) is 6.92 Å². The molecule has 7 bridgehead atoms. The van der Waals surface area contributed by atoms with Gasteiger partial charge in [0.1, 0.15) is 12.2 Å². The third kappa shape index (κ3) is 3.74. The summed E-state index contributed by atoms with van der Waals surface area (Å²) in [6.07, 6.45) is -0.508. The van der Waals surface area contributed by atoms with Crippen LogP contribution in [-0.4, -0.2) is 112 Å². The smallest absolute Gasteiger partial charge is 0.307 e. The maximum Gasteiger partial charge on any atom is 0.307 e. The van der Waals surface area contributed by atoms with E-state index in [1.807, 2.05) is 0 Å². The highest BCUT2D eigenvalue weighted by molar-refractivity contribution is 5.85. The predicted octanol–water partition coefficient (Wildman–Crippen LogP) is 1.11. The number of aliphatic hydroxyl groups is 1. The molecule has 0 aromatic heterocycles. The fourth-order valence-corrected chi connectivity index (χ4v) is 9.95. The predicted molar refractivity (Wildman–Crippen MR) is 140 cm³/mol. The number of hydrogen-bond donors (Lipinski definition) is 1. The van der Waals surface area contributed by atoms with Crippen molar-refractivity contribution >= 4 is 17.7 Å². The van der Waals surface area contributed by atoms with Gasteiger partial charge in [0.2, 0.25) is 0 Å². The minimum absolute atomic E-state index is 0.00954. The molecule has 11 atom stereocenters. The number of hydrogen-bond acceptors (Lipinski definition) is 11. The molecule has 1 spiro atoms. The van der Waals surface area contributed by atoms with Gasteiger partial charge < -0.3 is 33.5 Å². The van der Waals surface area contributed by atoms with Gasteiger partial charge in [0.05, 0.1) is 30.7 Å². The Morgan fingerprint density at radius 2 is 1.80 bits per heavy atom. The van der Waals surface area contributed by atoms with Crippen LogP contribution in [0.15, 0.2) is 11.8 Å². The number of likely N-dealkylation sites (tertiary alicyclic amines) is 1. The highest BCUT2D eigenvalue weighted by atomic mass is 16.6. The summed E-state index contributed by atoms with van der Waals surface area (Å²) in [5.74, 6) is -2.41. The van der Waals surface area contributed by atoms with Crippen molar-refractivity contribution in [2.45, 2.75) is 76.1 Å². The van der Waals surface area contributed by atoms with E-state index in [4.69, 9.17) is 28.4 Å². The zero-order valence-corrected chi connectivity index (χ0v) is 24.5. The van der Waals surface area contributed by atoms with E-state index in [0.717, 1.165) is 0 Å². The largest absolute Gasteiger partial charge is 0.462 e. The van der Waals surface area contributed by atoms with Crippen molar-refractivity contribution in [2.75, 3.05) is 48.1 Å². The van der Waals surface area contributed by atoms with Crippen LogP contribution in [0.2, 0.25) is 0 Å². The molecule has 11 nitrogen and oxygen atoms in total. The second-order valence-electron chi connectivity index (χ2n) is 12.2. The standard InChI is InChI=1S/C29H43NO10/c1-8-30-13-27(14-35-4)21(40-16(3)32)10-22(37-6)29-17-9-19(33)20(36-5)11-28(34,18(17)12-39-15(2)31)23(26(29)30)24(38-7)25(27)29/h12,17,20-26,34H,8-11,13-14H2,1-7H3/b18-12+/t17-,20-,21+,22-,23-,24-,25+,26?,27-,28-,29-/m0/s1. The highest BCUT2D eigenvalue weighted by Crippen LogP contribution is 2.76. The van der Waals surface area contributed by atoms with E-state index in [1.54, 1.807) is 21.3 Å². The van der Waals surface area contributed by atoms with Crippen molar-refractivity contribution in [3.05, 3.63) is 11.8 Å². The summed E-state index contributed by atoms with van der Waals surface area (Å²) < 4.78 is 35.7. The number of carbonyl (C=O) groups excluding carboxylic acids is 3. The van der Waals surface area contributed by atoms with Gasteiger partial charge in [-0.05, 0) is 6.54 Å². The molecule has 1 N–H and O–H groups in total. The number of piperidine rings is 1. The maximum atomic E-state index is 13.7. The summed E-state index contributed by atoms with van der Waals surface area (Å²) in [6, 6.07) is -0.228. The first-order valence-electron chi connectivity index (χ1n) is 14.1. The summed E-state index contributed by atoms with van der Waals surface area (Å²) in [6.45, 7) is 6.27. The van der Waals surface area contributed by atoms with E-state index in [1.165, 1.54) is 27.2 Å². The van der Waals surface area contributed by atoms with Crippen molar-refractivity contribution in [3.8, 4) is 0 Å². The molecule has 11 heteroatoms. The number of rotatable bonds is 8. The van der Waals surface area contributed by atoms with Crippen LogP contribution in [0.1, 0.15) is 40.0 Å². The average molecular weight is 566 g/mol. The Labute approximate surface area is 235 Å². The zero-order chi connectivity index (χ0) is 29.2. The third-order valence-electron chi connectivity index (χ3n) is 10.8. The molecule has 4 aliphatic carbocycles. The SMILES string of the molecule is CCN1C[C@@]2(COC)[C@H]3[C@@H](OC)[C@H]4C1[C@]3([C@@H](OC)C[C@H]2OC(C)=O)[C@H]1CC(=O)[C@@H](OC)C[C@]4(O)/C1=C/OC(C)=O. The van der Waals surface area contributed by atoms with E-state index in [9.17, 15) is 19.5 Å². The molecular weight excluding hydrogens is 522 g/mol. The van der Waals surface area contributed by atoms with Gasteiger partial charge in [0, 0.05) is 108 Å². The van der Waals surface area contributed by atoms with Gasteiger partial charge in [0.15, 0.2) is 5.78 Å². The number of methoxy groups -OCH3 is 4. The summed E-state index contributed by atoms with van der Waals surface area (Å²) in [7, 11) is 6.39. The van der Waals surface area contributed by atoms with E-state index < -0.39 is 64.6 Å². The van der Waals surface area contributed by atoms with Crippen molar-refractivity contribution in [2.24, 2.45) is 28.6 Å². The maximum absolute atomic E-state index is 13.7. The Morgan fingerprint density at radius 3 is 2.35 bits per heavy atom. The van der Waals surface area contributed by atoms with Crippen molar-refractivity contribution in [1.29, 1.82) is 0 Å². The first-order chi connectivity index (χ1) is 19.0. The van der Waals surface area contributed by atoms with E-state index in [-0.39, 0.29) is 37.2 Å².